The maximum absolute atomic E-state index is 11.3. The van der Waals surface area contributed by atoms with Gasteiger partial charge < -0.3 is 15.6 Å². The van der Waals surface area contributed by atoms with Crippen molar-refractivity contribution in [1.82, 2.24) is 0 Å². The van der Waals surface area contributed by atoms with Crippen LogP contribution in [0.2, 0.25) is 0 Å². The number of carbonyl (C=O) groups is 1. The van der Waals surface area contributed by atoms with Crippen LogP contribution in [0.1, 0.15) is 25.0 Å². The summed E-state index contributed by atoms with van der Waals surface area (Å²) in [6, 6.07) is 5.44. The Kier molecular flexibility index (Phi) is 4.12. The highest BCUT2D eigenvalue weighted by Crippen LogP contribution is 2.29. The number of nitrogens with two attached hydrogens (primary N) is 1. The number of rotatable bonds is 5. The molecule has 0 heterocycles. The summed E-state index contributed by atoms with van der Waals surface area (Å²) in [6.45, 7) is 3.87. The molecule has 0 aromatic heterocycles. The van der Waals surface area contributed by atoms with Gasteiger partial charge in [-0.1, -0.05) is 6.07 Å². The van der Waals surface area contributed by atoms with E-state index in [1.54, 1.807) is 33.1 Å². The molecule has 0 aliphatic heterocycles. The number of hydrogen-bond donors (Lipinski definition) is 2. The first-order valence-electron chi connectivity index (χ1n) is 5.54. The summed E-state index contributed by atoms with van der Waals surface area (Å²) in [5.74, 6) is -0.126. The summed E-state index contributed by atoms with van der Waals surface area (Å²) in [5, 5.41) is 9.25. The molecule has 0 amide bonds. The number of ether oxygens (including phenoxy) is 1. The van der Waals surface area contributed by atoms with Crippen molar-refractivity contribution in [3.63, 3.8) is 0 Å². The van der Waals surface area contributed by atoms with Crippen LogP contribution in [-0.4, -0.2) is 24.7 Å². The average molecular weight is 237 g/mol. The number of hydrogen-bond acceptors (Lipinski definition) is 3. The van der Waals surface area contributed by atoms with Crippen molar-refractivity contribution in [3.8, 4) is 5.75 Å². The minimum atomic E-state index is -0.920. The normalized spacial score (nSPS) is 11.3. The van der Waals surface area contributed by atoms with Gasteiger partial charge in [-0.25, -0.2) is 0 Å². The van der Waals surface area contributed by atoms with Gasteiger partial charge >= 0.3 is 5.97 Å². The monoisotopic (exact) mass is 237 g/mol. The highest BCUT2D eigenvalue weighted by Gasteiger charge is 2.31. The molecule has 0 atom stereocenters. The van der Waals surface area contributed by atoms with Gasteiger partial charge in [0.2, 0.25) is 0 Å². The lowest BCUT2D eigenvalue weighted by Crippen LogP contribution is -2.30. The van der Waals surface area contributed by atoms with E-state index in [1.807, 2.05) is 6.07 Å². The summed E-state index contributed by atoms with van der Waals surface area (Å²) in [7, 11) is 1.59. The van der Waals surface area contributed by atoms with E-state index in [9.17, 15) is 9.90 Å². The van der Waals surface area contributed by atoms with Crippen molar-refractivity contribution in [2.45, 2.75) is 25.7 Å². The smallest absolute Gasteiger partial charge is 0.313 e. The van der Waals surface area contributed by atoms with Crippen LogP contribution in [-0.2, 0) is 16.6 Å². The van der Waals surface area contributed by atoms with Gasteiger partial charge in [0.1, 0.15) is 5.75 Å². The lowest BCUT2D eigenvalue weighted by Gasteiger charge is -2.23. The Bertz CT molecular complexity index is 413. The first-order chi connectivity index (χ1) is 7.93. The van der Waals surface area contributed by atoms with Gasteiger partial charge in [-0.15, -0.1) is 0 Å². The average Bonchev–Trinajstić information content (AvgIpc) is 2.28. The number of carboxylic acid groups (broad SMARTS) is 1. The zero-order valence-corrected chi connectivity index (χ0v) is 10.5. The molecule has 0 bridgehead atoms. The molecule has 0 aliphatic rings. The van der Waals surface area contributed by atoms with Crippen LogP contribution >= 0.6 is 0 Å². The van der Waals surface area contributed by atoms with Gasteiger partial charge in [-0.3, -0.25) is 4.79 Å². The molecular weight excluding hydrogens is 218 g/mol. The van der Waals surface area contributed by atoms with E-state index in [2.05, 4.69) is 0 Å². The van der Waals surface area contributed by atoms with E-state index < -0.39 is 11.4 Å². The molecule has 94 valence electrons. The Balaban J connectivity index is 3.27. The van der Waals surface area contributed by atoms with Crippen LogP contribution in [0, 0.1) is 0 Å². The molecule has 4 nitrogen and oxygen atoms in total. The summed E-state index contributed by atoms with van der Waals surface area (Å²) < 4.78 is 5.14. The molecule has 0 saturated carbocycles. The second-order valence-corrected chi connectivity index (χ2v) is 4.49. The molecule has 0 unspecified atom stereocenters. The van der Waals surface area contributed by atoms with E-state index in [4.69, 9.17) is 10.5 Å². The molecular formula is C13H19NO3. The Hall–Kier alpha value is -1.55. The quantitative estimate of drug-likeness (QED) is 0.815. The SMILES string of the molecule is COc1ccc(C(C)(C)C(=O)O)c(CCN)c1. The van der Waals surface area contributed by atoms with Gasteiger partial charge in [0.05, 0.1) is 12.5 Å². The highest BCUT2D eigenvalue weighted by molar-refractivity contribution is 5.81. The van der Waals surface area contributed by atoms with E-state index in [1.165, 1.54) is 0 Å². The summed E-state index contributed by atoms with van der Waals surface area (Å²) in [6.07, 6.45) is 0.642. The van der Waals surface area contributed by atoms with E-state index in [-0.39, 0.29) is 0 Å². The predicted molar refractivity (Wildman–Crippen MR) is 66.4 cm³/mol. The fourth-order valence-electron chi connectivity index (χ4n) is 1.78. The minimum absolute atomic E-state index is 0.482. The van der Waals surface area contributed by atoms with Crippen molar-refractivity contribution in [1.29, 1.82) is 0 Å². The van der Waals surface area contributed by atoms with Crippen LogP contribution in [0.4, 0.5) is 0 Å². The highest BCUT2D eigenvalue weighted by atomic mass is 16.5. The second-order valence-electron chi connectivity index (χ2n) is 4.49. The van der Waals surface area contributed by atoms with Gasteiger partial charge in [0.25, 0.3) is 0 Å². The lowest BCUT2D eigenvalue weighted by atomic mass is 9.81. The molecule has 1 rings (SSSR count). The van der Waals surface area contributed by atoms with Crippen LogP contribution in [0.15, 0.2) is 18.2 Å². The zero-order chi connectivity index (χ0) is 13.1. The molecule has 3 N–H and O–H groups in total. The molecule has 0 saturated heterocycles. The fourth-order valence-corrected chi connectivity index (χ4v) is 1.78. The van der Waals surface area contributed by atoms with Gasteiger partial charge in [-0.2, -0.15) is 0 Å². The van der Waals surface area contributed by atoms with Gasteiger partial charge in [0, 0.05) is 0 Å². The van der Waals surface area contributed by atoms with Crippen LogP contribution in [0.5, 0.6) is 5.75 Å². The third kappa shape index (κ3) is 2.77. The summed E-state index contributed by atoms with van der Waals surface area (Å²) in [4.78, 5) is 11.3. The molecule has 17 heavy (non-hydrogen) atoms. The van der Waals surface area contributed by atoms with Gasteiger partial charge in [-0.05, 0) is 50.1 Å². The second kappa shape index (κ2) is 5.19. The standard InChI is InChI=1S/C13H19NO3/c1-13(2,12(15)16)11-5-4-10(17-3)8-9(11)6-7-14/h4-5,8H,6-7,14H2,1-3H3,(H,15,16). The molecule has 0 fully saturated rings. The largest absolute Gasteiger partial charge is 0.497 e. The third-order valence-corrected chi connectivity index (χ3v) is 2.93. The Morgan fingerprint density at radius 3 is 2.59 bits per heavy atom. The Labute approximate surface area is 101 Å². The van der Waals surface area contributed by atoms with Crippen LogP contribution < -0.4 is 10.5 Å². The fraction of sp³-hybridized carbons (Fsp3) is 0.462. The van der Waals surface area contributed by atoms with Crippen LogP contribution in [0.3, 0.4) is 0 Å². The molecule has 1 aromatic carbocycles. The maximum atomic E-state index is 11.3. The molecule has 4 heteroatoms. The molecule has 0 aliphatic carbocycles. The maximum Gasteiger partial charge on any atom is 0.313 e. The van der Waals surface area contributed by atoms with E-state index in [0.29, 0.717) is 13.0 Å². The van der Waals surface area contributed by atoms with Gasteiger partial charge in [0.15, 0.2) is 0 Å². The van der Waals surface area contributed by atoms with Crippen molar-refractivity contribution < 1.29 is 14.6 Å². The number of carboxylic acids is 1. The van der Waals surface area contributed by atoms with Crippen LogP contribution in [0.25, 0.3) is 0 Å². The lowest BCUT2D eigenvalue weighted by molar-refractivity contribution is -0.142. The topological polar surface area (TPSA) is 72.5 Å². The number of benzene rings is 1. The molecule has 0 spiro atoms. The van der Waals surface area contributed by atoms with E-state index >= 15 is 0 Å². The van der Waals surface area contributed by atoms with Crippen molar-refractivity contribution >= 4 is 5.97 Å². The summed E-state index contributed by atoms with van der Waals surface area (Å²) >= 11 is 0. The first kappa shape index (κ1) is 13.5. The Morgan fingerprint density at radius 1 is 1.47 bits per heavy atom. The van der Waals surface area contributed by atoms with Crippen molar-refractivity contribution in [3.05, 3.63) is 29.3 Å². The number of aliphatic carboxylic acids is 1. The predicted octanol–water partition coefficient (Wildman–Crippen LogP) is 1.56. The van der Waals surface area contributed by atoms with E-state index in [0.717, 1.165) is 16.9 Å². The Morgan fingerprint density at radius 2 is 2.12 bits per heavy atom. The third-order valence-electron chi connectivity index (χ3n) is 2.93. The van der Waals surface area contributed by atoms with Crippen molar-refractivity contribution in [2.75, 3.05) is 13.7 Å². The van der Waals surface area contributed by atoms with Crippen molar-refractivity contribution in [2.24, 2.45) is 5.73 Å². The summed E-state index contributed by atoms with van der Waals surface area (Å²) in [5.41, 5.74) is 6.35. The number of methoxy groups -OCH3 is 1. The zero-order valence-electron chi connectivity index (χ0n) is 10.5. The first-order valence-corrected chi connectivity index (χ1v) is 5.54. The molecule has 1 aromatic rings. The molecule has 0 radical (unpaired) electrons. The minimum Gasteiger partial charge on any atom is -0.497 e.